The third-order valence-electron chi connectivity index (χ3n) is 5.35. The van der Waals surface area contributed by atoms with Crippen molar-refractivity contribution in [1.82, 2.24) is 14.5 Å². The number of aromatic nitrogens is 2. The molecule has 1 N–H and O–H groups in total. The van der Waals surface area contributed by atoms with Crippen LogP contribution in [0.4, 0.5) is 4.39 Å². The summed E-state index contributed by atoms with van der Waals surface area (Å²) in [5.74, 6) is -0.260. The highest BCUT2D eigenvalue weighted by Crippen LogP contribution is 2.31. The molecule has 1 aromatic heterocycles. The third-order valence-corrected chi connectivity index (χ3v) is 6.08. The van der Waals surface area contributed by atoms with E-state index in [4.69, 9.17) is 0 Å². The van der Waals surface area contributed by atoms with E-state index in [0.29, 0.717) is 12.0 Å². The summed E-state index contributed by atoms with van der Waals surface area (Å²) in [4.78, 5) is 0. The second-order valence-electron chi connectivity index (χ2n) is 7.71. The molecule has 0 aliphatic carbocycles. The van der Waals surface area contributed by atoms with E-state index in [1.54, 1.807) is 12.1 Å². The second-order valence-corrected chi connectivity index (χ2v) is 9.49. The summed E-state index contributed by atoms with van der Waals surface area (Å²) in [6.45, 7) is 1.94. The minimum absolute atomic E-state index is 0.141. The lowest BCUT2D eigenvalue weighted by Gasteiger charge is -2.33. The smallest absolute Gasteiger partial charge is 0.209 e. The maximum absolute atomic E-state index is 14.2. The molecule has 0 saturated heterocycles. The zero-order chi connectivity index (χ0) is 20.6. The van der Waals surface area contributed by atoms with E-state index < -0.39 is 10.0 Å². The molecular weight excluding hydrogens is 389 g/mol. The van der Waals surface area contributed by atoms with Crippen LogP contribution in [-0.4, -0.2) is 30.5 Å². The molecule has 0 radical (unpaired) electrons. The van der Waals surface area contributed by atoms with Crippen LogP contribution in [0.25, 0.3) is 11.1 Å². The lowest BCUT2D eigenvalue weighted by Crippen LogP contribution is -2.45. The van der Waals surface area contributed by atoms with Gasteiger partial charge in [-0.2, -0.15) is 5.10 Å². The predicted molar refractivity (Wildman–Crippen MR) is 112 cm³/mol. The highest BCUT2D eigenvalue weighted by atomic mass is 32.2. The maximum atomic E-state index is 14.2. The van der Waals surface area contributed by atoms with Crippen LogP contribution in [0.5, 0.6) is 0 Å². The number of rotatable bonds is 5. The van der Waals surface area contributed by atoms with E-state index in [1.165, 1.54) is 12.3 Å². The number of benzene rings is 2. The molecule has 152 valence electrons. The van der Waals surface area contributed by atoms with Crippen molar-refractivity contribution in [1.29, 1.82) is 0 Å². The summed E-state index contributed by atoms with van der Waals surface area (Å²) in [6, 6.07) is 16.1. The molecule has 5 nitrogen and oxygen atoms in total. The van der Waals surface area contributed by atoms with Gasteiger partial charge in [-0.1, -0.05) is 42.5 Å². The average Bonchev–Trinajstić information content (AvgIpc) is 3.04. The number of fused-ring (bicyclic) bond motifs is 1. The van der Waals surface area contributed by atoms with Gasteiger partial charge in [-0.3, -0.25) is 4.68 Å². The van der Waals surface area contributed by atoms with Crippen molar-refractivity contribution in [2.45, 2.75) is 38.3 Å². The SMILES string of the molecule is Cc1cc2n(n1)C(Cc1cccc(-c3ccccc3F)c1)C(NS(C)(=O)=O)CC2. The van der Waals surface area contributed by atoms with Crippen molar-refractivity contribution in [2.75, 3.05) is 6.26 Å². The molecule has 2 heterocycles. The summed E-state index contributed by atoms with van der Waals surface area (Å²) in [7, 11) is -3.34. The van der Waals surface area contributed by atoms with E-state index in [0.717, 1.165) is 35.4 Å². The lowest BCUT2D eigenvalue weighted by molar-refractivity contribution is 0.299. The van der Waals surface area contributed by atoms with Crippen LogP contribution >= 0.6 is 0 Å². The van der Waals surface area contributed by atoms with E-state index in [1.807, 2.05) is 41.9 Å². The topological polar surface area (TPSA) is 64.0 Å². The van der Waals surface area contributed by atoms with Crippen molar-refractivity contribution in [3.63, 3.8) is 0 Å². The fraction of sp³-hybridized carbons (Fsp3) is 0.318. The van der Waals surface area contributed by atoms with Gasteiger partial charge in [-0.05, 0) is 49.4 Å². The lowest BCUT2D eigenvalue weighted by atomic mass is 9.91. The summed E-state index contributed by atoms with van der Waals surface area (Å²) < 4.78 is 42.8. The van der Waals surface area contributed by atoms with Crippen molar-refractivity contribution in [2.24, 2.45) is 0 Å². The molecule has 3 aromatic rings. The predicted octanol–water partition coefficient (Wildman–Crippen LogP) is 3.65. The zero-order valence-corrected chi connectivity index (χ0v) is 17.3. The van der Waals surface area contributed by atoms with E-state index >= 15 is 0 Å². The largest absolute Gasteiger partial charge is 0.264 e. The van der Waals surface area contributed by atoms with Crippen molar-refractivity contribution < 1.29 is 12.8 Å². The molecule has 2 atom stereocenters. The zero-order valence-electron chi connectivity index (χ0n) is 16.5. The van der Waals surface area contributed by atoms with Gasteiger partial charge < -0.3 is 0 Å². The average molecular weight is 414 g/mol. The maximum Gasteiger partial charge on any atom is 0.209 e. The van der Waals surface area contributed by atoms with Gasteiger partial charge in [0.05, 0.1) is 18.0 Å². The minimum atomic E-state index is -3.34. The molecule has 4 rings (SSSR count). The Kier molecular flexibility index (Phi) is 5.27. The molecule has 1 aliphatic heterocycles. The Morgan fingerprint density at radius 1 is 1.17 bits per heavy atom. The normalized spacial score (nSPS) is 19.1. The van der Waals surface area contributed by atoms with Crippen LogP contribution in [-0.2, 0) is 22.9 Å². The number of halogens is 1. The molecule has 0 fully saturated rings. The molecule has 29 heavy (non-hydrogen) atoms. The first-order valence-corrected chi connectivity index (χ1v) is 11.6. The van der Waals surface area contributed by atoms with Gasteiger partial charge in [0.2, 0.25) is 10.0 Å². The first-order chi connectivity index (χ1) is 13.8. The highest BCUT2D eigenvalue weighted by Gasteiger charge is 2.32. The van der Waals surface area contributed by atoms with Gasteiger partial charge in [-0.25, -0.2) is 17.5 Å². The third kappa shape index (κ3) is 4.41. The van der Waals surface area contributed by atoms with Gasteiger partial charge in [0.1, 0.15) is 5.82 Å². The second kappa shape index (κ2) is 7.72. The summed E-state index contributed by atoms with van der Waals surface area (Å²) >= 11 is 0. The Balaban J connectivity index is 1.69. The molecule has 2 unspecified atom stereocenters. The highest BCUT2D eigenvalue weighted by molar-refractivity contribution is 7.88. The van der Waals surface area contributed by atoms with Crippen molar-refractivity contribution in [3.05, 3.63) is 77.4 Å². The van der Waals surface area contributed by atoms with Gasteiger partial charge >= 0.3 is 0 Å². The van der Waals surface area contributed by atoms with Gasteiger partial charge in [0.15, 0.2) is 0 Å². The Morgan fingerprint density at radius 3 is 2.72 bits per heavy atom. The summed E-state index contributed by atoms with van der Waals surface area (Å²) in [6.07, 6.45) is 3.28. The Bertz CT molecular complexity index is 1140. The first kappa shape index (κ1) is 19.8. The standard InChI is InChI=1S/C22H24FN3O2S/c1-15-12-18-10-11-21(25-29(2,27)28)22(26(18)24-15)14-16-6-5-7-17(13-16)19-8-3-4-9-20(19)23/h3-9,12-13,21-22,25H,10-11,14H2,1-2H3. The Labute approximate surface area is 170 Å². The molecule has 0 spiro atoms. The van der Waals surface area contributed by atoms with Crippen LogP contribution in [0.15, 0.2) is 54.6 Å². The molecule has 2 aromatic carbocycles. The number of nitrogens with zero attached hydrogens (tertiary/aromatic N) is 2. The van der Waals surface area contributed by atoms with Crippen LogP contribution in [0.3, 0.4) is 0 Å². The van der Waals surface area contributed by atoms with E-state index in [2.05, 4.69) is 15.9 Å². The number of sulfonamides is 1. The van der Waals surface area contributed by atoms with Gasteiger partial charge in [-0.15, -0.1) is 0 Å². The van der Waals surface area contributed by atoms with Crippen LogP contribution in [0.1, 0.15) is 29.4 Å². The van der Waals surface area contributed by atoms with Gasteiger partial charge in [0.25, 0.3) is 0 Å². The molecule has 0 amide bonds. The number of hydrogen-bond acceptors (Lipinski definition) is 3. The monoisotopic (exact) mass is 413 g/mol. The molecular formula is C22H24FN3O2S. The van der Waals surface area contributed by atoms with Crippen LogP contribution in [0.2, 0.25) is 0 Å². The fourth-order valence-electron chi connectivity index (χ4n) is 4.15. The van der Waals surface area contributed by atoms with E-state index in [9.17, 15) is 12.8 Å². The molecule has 0 bridgehead atoms. The number of nitrogens with one attached hydrogen (secondary N) is 1. The number of hydrogen-bond donors (Lipinski definition) is 1. The van der Waals surface area contributed by atoms with Crippen LogP contribution < -0.4 is 4.72 Å². The Morgan fingerprint density at radius 2 is 1.97 bits per heavy atom. The minimum Gasteiger partial charge on any atom is -0.264 e. The quantitative estimate of drug-likeness (QED) is 0.695. The van der Waals surface area contributed by atoms with Crippen molar-refractivity contribution in [3.8, 4) is 11.1 Å². The van der Waals surface area contributed by atoms with Crippen molar-refractivity contribution >= 4 is 10.0 Å². The van der Waals surface area contributed by atoms with E-state index in [-0.39, 0.29) is 17.9 Å². The first-order valence-electron chi connectivity index (χ1n) is 9.66. The molecule has 7 heteroatoms. The van der Waals surface area contributed by atoms with Crippen LogP contribution in [0, 0.1) is 12.7 Å². The summed E-state index contributed by atoms with van der Waals surface area (Å²) in [5.41, 5.74) is 4.41. The summed E-state index contributed by atoms with van der Waals surface area (Å²) in [5, 5.41) is 4.63. The molecule has 0 saturated carbocycles. The molecule has 1 aliphatic rings. The Hall–Kier alpha value is -2.51. The fourth-order valence-corrected chi connectivity index (χ4v) is 4.98. The van der Waals surface area contributed by atoms with Gasteiger partial charge in [0, 0.05) is 17.3 Å². The number of aryl methyl sites for hydroxylation is 2.